The maximum atomic E-state index is 11.3. The summed E-state index contributed by atoms with van der Waals surface area (Å²) in [4.78, 5) is 0. The van der Waals surface area contributed by atoms with Crippen LogP contribution in [0.3, 0.4) is 0 Å². The number of aliphatic hydroxyl groups excluding tert-OH is 1. The van der Waals surface area contributed by atoms with Crippen LogP contribution < -0.4 is 0 Å². The van der Waals surface area contributed by atoms with Crippen LogP contribution in [-0.4, -0.2) is 24.2 Å². The van der Waals surface area contributed by atoms with E-state index in [4.69, 9.17) is 5.11 Å². The second-order valence-corrected chi connectivity index (χ2v) is 1.24. The molecule has 0 aromatic heterocycles. The second-order valence-electron chi connectivity index (χ2n) is 1.24. The van der Waals surface area contributed by atoms with Gasteiger partial charge in [-0.2, -0.15) is 0 Å². The van der Waals surface area contributed by atoms with Crippen LogP contribution in [0.1, 0.15) is 0 Å². The Balaban J connectivity index is 2.13. The van der Waals surface area contributed by atoms with E-state index in [-0.39, 0.29) is 0 Å². The Morgan fingerprint density at radius 2 is 2.50 bits per heavy atom. The number of halogens is 1. The molecule has 2 unspecified atom stereocenters. The third-order valence-corrected chi connectivity index (χ3v) is 0.666. The van der Waals surface area contributed by atoms with Gasteiger partial charge in [0.15, 0.2) is 0 Å². The van der Waals surface area contributed by atoms with E-state index < -0.39 is 12.5 Å². The van der Waals surface area contributed by atoms with E-state index in [9.17, 15) is 4.39 Å². The molecular weight excluding hydrogens is 87.0 g/mol. The molecule has 2 nitrogen and oxygen atoms in total. The molecule has 0 saturated carbocycles. The van der Waals surface area contributed by atoms with Gasteiger partial charge in [0.1, 0.15) is 6.10 Å². The van der Waals surface area contributed by atoms with Gasteiger partial charge in [-0.05, 0) is 0 Å². The first-order valence-electron chi connectivity index (χ1n) is 1.74. The third-order valence-electron chi connectivity index (χ3n) is 0.666. The van der Waals surface area contributed by atoms with Crippen molar-refractivity contribution in [2.45, 2.75) is 12.5 Å². The van der Waals surface area contributed by atoms with Crippen LogP contribution in [0.25, 0.3) is 0 Å². The van der Waals surface area contributed by atoms with Crippen LogP contribution in [-0.2, 0) is 4.74 Å². The lowest BCUT2D eigenvalue weighted by Crippen LogP contribution is -2.05. The lowest BCUT2D eigenvalue weighted by atomic mass is 10.5. The minimum absolute atomic E-state index is 0.373. The average Bonchev–Trinajstić information content (AvgIpc) is 2.06. The Labute approximate surface area is 34.5 Å². The normalized spacial score (nSPS) is 36.0. The number of alkyl halides is 1. The van der Waals surface area contributed by atoms with Crippen molar-refractivity contribution in [3.63, 3.8) is 0 Å². The second kappa shape index (κ2) is 1.17. The Bertz CT molecular complexity index is 50.8. The molecule has 1 fully saturated rings. The van der Waals surface area contributed by atoms with E-state index in [1.165, 1.54) is 0 Å². The Hall–Kier alpha value is -0.150. The summed E-state index contributed by atoms with van der Waals surface area (Å²) < 4.78 is 15.7. The first-order chi connectivity index (χ1) is 2.80. The number of hydrogen-bond acceptors (Lipinski definition) is 2. The van der Waals surface area contributed by atoms with Crippen LogP contribution in [0.5, 0.6) is 0 Å². The molecule has 0 aromatic rings. The van der Waals surface area contributed by atoms with Crippen molar-refractivity contribution in [2.24, 2.45) is 0 Å². The molecular formula is C3H5FO2. The molecule has 1 rings (SSSR count). The largest absolute Gasteiger partial charge is 0.367 e. The molecule has 0 amide bonds. The van der Waals surface area contributed by atoms with E-state index in [0.29, 0.717) is 6.61 Å². The summed E-state index contributed by atoms with van der Waals surface area (Å²) in [6.45, 7) is 0.373. The summed E-state index contributed by atoms with van der Waals surface area (Å²) >= 11 is 0. The van der Waals surface area contributed by atoms with Gasteiger partial charge < -0.3 is 9.84 Å². The minimum Gasteiger partial charge on any atom is -0.367 e. The molecule has 1 N–H and O–H groups in total. The lowest BCUT2D eigenvalue weighted by molar-refractivity contribution is 0.0165. The van der Waals surface area contributed by atoms with Crippen LogP contribution >= 0.6 is 0 Å². The molecule has 3 heteroatoms. The van der Waals surface area contributed by atoms with E-state index in [1.54, 1.807) is 0 Å². The van der Waals surface area contributed by atoms with Crippen molar-refractivity contribution in [3.05, 3.63) is 0 Å². The highest BCUT2D eigenvalue weighted by molar-refractivity contribution is 4.69. The molecule has 1 heterocycles. The molecule has 0 bridgehead atoms. The van der Waals surface area contributed by atoms with Crippen molar-refractivity contribution < 1.29 is 14.2 Å². The fourth-order valence-corrected chi connectivity index (χ4v) is 0.214. The SMILES string of the molecule is OC(F)C1CO1. The number of epoxide rings is 1. The zero-order chi connectivity index (χ0) is 4.57. The standard InChI is InChI=1S/C3H5FO2/c4-3(5)2-1-6-2/h2-3,5H,1H2. The predicted octanol–water partition coefficient (Wildman–Crippen LogP) is -0.327. The molecule has 1 aliphatic heterocycles. The number of hydrogen-bond donors (Lipinski definition) is 1. The van der Waals surface area contributed by atoms with Gasteiger partial charge >= 0.3 is 0 Å². The van der Waals surface area contributed by atoms with Gasteiger partial charge in [-0.1, -0.05) is 0 Å². The monoisotopic (exact) mass is 92.0 g/mol. The molecule has 1 aliphatic rings. The van der Waals surface area contributed by atoms with Crippen molar-refractivity contribution >= 4 is 0 Å². The van der Waals surface area contributed by atoms with Gasteiger partial charge in [-0.3, -0.25) is 0 Å². The van der Waals surface area contributed by atoms with Gasteiger partial charge in [0.05, 0.1) is 6.61 Å². The Kier molecular flexibility index (Phi) is 0.782. The van der Waals surface area contributed by atoms with E-state index in [0.717, 1.165) is 0 Å². The average molecular weight is 92.1 g/mol. The molecule has 36 valence electrons. The summed E-state index contributed by atoms with van der Waals surface area (Å²) in [5.74, 6) is 0. The Morgan fingerprint density at radius 3 is 2.50 bits per heavy atom. The predicted molar refractivity (Wildman–Crippen MR) is 16.9 cm³/mol. The van der Waals surface area contributed by atoms with Gasteiger partial charge in [-0.15, -0.1) is 0 Å². The van der Waals surface area contributed by atoms with Crippen molar-refractivity contribution in [1.82, 2.24) is 0 Å². The fraction of sp³-hybridized carbons (Fsp3) is 1.00. The van der Waals surface area contributed by atoms with Crippen molar-refractivity contribution in [1.29, 1.82) is 0 Å². The third kappa shape index (κ3) is 0.666. The maximum absolute atomic E-state index is 11.3. The molecule has 0 spiro atoms. The summed E-state index contributed by atoms with van der Waals surface area (Å²) in [6.07, 6.45) is -2.27. The number of rotatable bonds is 1. The zero-order valence-corrected chi connectivity index (χ0v) is 3.10. The van der Waals surface area contributed by atoms with E-state index >= 15 is 0 Å². The minimum atomic E-state index is -1.76. The Morgan fingerprint density at radius 1 is 2.00 bits per heavy atom. The van der Waals surface area contributed by atoms with Gasteiger partial charge in [0.2, 0.25) is 6.36 Å². The quantitative estimate of drug-likeness (QED) is 0.449. The van der Waals surface area contributed by atoms with Crippen molar-refractivity contribution in [2.75, 3.05) is 6.61 Å². The summed E-state index contributed by atoms with van der Waals surface area (Å²) in [5.41, 5.74) is 0. The van der Waals surface area contributed by atoms with Crippen molar-refractivity contribution in [3.8, 4) is 0 Å². The van der Waals surface area contributed by atoms with Gasteiger partial charge in [0.25, 0.3) is 0 Å². The lowest BCUT2D eigenvalue weighted by Gasteiger charge is -1.86. The smallest absolute Gasteiger partial charge is 0.225 e. The summed E-state index contributed by atoms with van der Waals surface area (Å²) in [7, 11) is 0. The maximum Gasteiger partial charge on any atom is 0.225 e. The first-order valence-corrected chi connectivity index (χ1v) is 1.74. The van der Waals surface area contributed by atoms with Gasteiger partial charge in [0, 0.05) is 0 Å². The highest BCUT2D eigenvalue weighted by Crippen LogP contribution is 2.13. The van der Waals surface area contributed by atoms with Gasteiger partial charge in [-0.25, -0.2) is 4.39 Å². The number of aliphatic hydroxyl groups is 1. The first kappa shape index (κ1) is 4.02. The van der Waals surface area contributed by atoms with Crippen LogP contribution in [0.2, 0.25) is 0 Å². The molecule has 1 saturated heterocycles. The number of ether oxygens (including phenoxy) is 1. The highest BCUT2D eigenvalue weighted by Gasteiger charge is 2.30. The van der Waals surface area contributed by atoms with Crippen LogP contribution in [0.4, 0.5) is 4.39 Å². The van der Waals surface area contributed by atoms with Crippen LogP contribution in [0.15, 0.2) is 0 Å². The zero-order valence-electron chi connectivity index (χ0n) is 3.10. The molecule has 0 radical (unpaired) electrons. The summed E-state index contributed by atoms with van der Waals surface area (Å²) in [6, 6.07) is 0. The van der Waals surface area contributed by atoms with Crippen LogP contribution in [0, 0.1) is 0 Å². The molecule has 0 aromatic carbocycles. The topological polar surface area (TPSA) is 32.8 Å². The molecule has 6 heavy (non-hydrogen) atoms. The fourth-order valence-electron chi connectivity index (χ4n) is 0.214. The van der Waals surface area contributed by atoms with E-state index in [1.807, 2.05) is 0 Å². The highest BCUT2D eigenvalue weighted by atomic mass is 19.1. The molecule has 2 atom stereocenters. The summed E-state index contributed by atoms with van der Waals surface area (Å²) in [5, 5.41) is 7.90. The molecule has 0 aliphatic carbocycles. The van der Waals surface area contributed by atoms with E-state index in [2.05, 4.69) is 4.74 Å².